The van der Waals surface area contributed by atoms with Crippen LogP contribution in [0.4, 0.5) is 5.69 Å². The highest BCUT2D eigenvalue weighted by atomic mass is 35.5. The van der Waals surface area contributed by atoms with Crippen LogP contribution >= 0.6 is 11.6 Å². The van der Waals surface area contributed by atoms with Crippen molar-refractivity contribution in [1.82, 2.24) is 9.78 Å². The zero-order valence-electron chi connectivity index (χ0n) is 11.1. The Balaban J connectivity index is 2.33. The molecule has 0 bridgehead atoms. The van der Waals surface area contributed by atoms with Crippen LogP contribution < -0.4 is 5.73 Å². The van der Waals surface area contributed by atoms with Crippen molar-refractivity contribution in [2.24, 2.45) is 7.05 Å². The fourth-order valence-corrected chi connectivity index (χ4v) is 3.62. The molecule has 0 fully saturated rings. The van der Waals surface area contributed by atoms with Crippen LogP contribution in [0.3, 0.4) is 0 Å². The number of nitrogens with zero attached hydrogens (tertiary/aromatic N) is 2. The number of hydrogen-bond acceptors (Lipinski definition) is 3. The van der Waals surface area contributed by atoms with Gasteiger partial charge >= 0.3 is 0 Å². The van der Waals surface area contributed by atoms with Gasteiger partial charge in [-0.05, 0) is 31.5 Å². The van der Waals surface area contributed by atoms with E-state index in [1.165, 1.54) is 0 Å². The third-order valence-electron chi connectivity index (χ3n) is 2.96. The van der Waals surface area contributed by atoms with Crippen LogP contribution in [0.15, 0.2) is 23.1 Å². The highest BCUT2D eigenvalue weighted by molar-refractivity contribution is 7.84. The minimum absolute atomic E-state index is 0.326. The van der Waals surface area contributed by atoms with E-state index in [-0.39, 0.29) is 0 Å². The molecule has 2 N–H and O–H groups in total. The molecule has 0 amide bonds. The van der Waals surface area contributed by atoms with Crippen molar-refractivity contribution in [3.8, 4) is 0 Å². The molecule has 0 aliphatic rings. The summed E-state index contributed by atoms with van der Waals surface area (Å²) in [6, 6.07) is 5.53. The van der Waals surface area contributed by atoms with Gasteiger partial charge in [0.05, 0.1) is 27.1 Å². The number of aryl methyl sites for hydroxylation is 3. The smallest absolute Gasteiger partial charge is 0.131 e. The number of halogens is 1. The Morgan fingerprint density at radius 2 is 2.11 bits per heavy atom. The summed E-state index contributed by atoms with van der Waals surface area (Å²) in [4.78, 5) is 0.652. The van der Waals surface area contributed by atoms with Gasteiger partial charge in [0.2, 0.25) is 0 Å². The van der Waals surface area contributed by atoms with Crippen LogP contribution in [-0.2, 0) is 23.6 Å². The zero-order chi connectivity index (χ0) is 14.2. The number of aromatic nitrogens is 2. The molecule has 1 aromatic carbocycles. The van der Waals surface area contributed by atoms with Crippen LogP contribution in [0, 0.1) is 13.8 Å². The summed E-state index contributed by atoms with van der Waals surface area (Å²) in [5.74, 6) is 0.326. The van der Waals surface area contributed by atoms with Crippen molar-refractivity contribution in [2.75, 3.05) is 5.73 Å². The van der Waals surface area contributed by atoms with Gasteiger partial charge in [0.15, 0.2) is 0 Å². The molecule has 2 rings (SSSR count). The number of anilines is 1. The molecule has 102 valence electrons. The van der Waals surface area contributed by atoms with Gasteiger partial charge in [0.1, 0.15) is 5.15 Å². The number of nitrogens with two attached hydrogens (primary N) is 1. The van der Waals surface area contributed by atoms with Gasteiger partial charge in [-0.25, -0.2) is 0 Å². The second-order valence-electron chi connectivity index (χ2n) is 4.51. The fourth-order valence-electron chi connectivity index (χ4n) is 1.89. The van der Waals surface area contributed by atoms with Gasteiger partial charge in [-0.15, -0.1) is 0 Å². The second-order valence-corrected chi connectivity index (χ2v) is 6.29. The Labute approximate surface area is 120 Å². The third-order valence-corrected chi connectivity index (χ3v) is 4.83. The molecule has 1 unspecified atom stereocenters. The van der Waals surface area contributed by atoms with Gasteiger partial charge in [0, 0.05) is 18.3 Å². The highest BCUT2D eigenvalue weighted by Crippen LogP contribution is 2.25. The van der Waals surface area contributed by atoms with Crippen molar-refractivity contribution in [2.45, 2.75) is 24.5 Å². The zero-order valence-corrected chi connectivity index (χ0v) is 12.7. The van der Waals surface area contributed by atoms with Crippen LogP contribution in [0.5, 0.6) is 0 Å². The predicted octanol–water partition coefficient (Wildman–Crippen LogP) is 2.58. The van der Waals surface area contributed by atoms with E-state index in [1.807, 2.05) is 26.0 Å². The largest absolute Gasteiger partial charge is 0.398 e. The van der Waals surface area contributed by atoms with E-state index >= 15 is 0 Å². The first-order valence-corrected chi connectivity index (χ1v) is 7.52. The van der Waals surface area contributed by atoms with Crippen molar-refractivity contribution in [3.05, 3.63) is 40.2 Å². The Kier molecular flexibility index (Phi) is 3.96. The van der Waals surface area contributed by atoms with E-state index < -0.39 is 10.8 Å². The van der Waals surface area contributed by atoms with Crippen molar-refractivity contribution in [3.63, 3.8) is 0 Å². The van der Waals surface area contributed by atoms with Gasteiger partial charge in [0.25, 0.3) is 0 Å². The van der Waals surface area contributed by atoms with Crippen LogP contribution in [0.25, 0.3) is 0 Å². The fraction of sp³-hybridized carbons (Fsp3) is 0.308. The molecule has 1 heterocycles. The molecule has 0 aliphatic heterocycles. The van der Waals surface area contributed by atoms with Crippen molar-refractivity contribution in [1.29, 1.82) is 0 Å². The molecule has 0 aliphatic carbocycles. The first-order valence-electron chi connectivity index (χ1n) is 5.82. The summed E-state index contributed by atoms with van der Waals surface area (Å²) in [7, 11) is 0.540. The third kappa shape index (κ3) is 2.82. The van der Waals surface area contributed by atoms with E-state index in [0.29, 0.717) is 21.5 Å². The standard InChI is InChI=1S/C13H16ClN3OS/c1-8-4-5-11(15)12(6-8)19(18)7-10-9(2)16-17(3)13(10)14/h4-6H,7,15H2,1-3H3. The summed E-state index contributed by atoms with van der Waals surface area (Å²) < 4.78 is 14.0. The lowest BCUT2D eigenvalue weighted by atomic mass is 10.2. The van der Waals surface area contributed by atoms with Crippen LogP contribution in [0.2, 0.25) is 5.15 Å². The molecule has 2 aromatic rings. The Hall–Kier alpha value is -1.33. The molecule has 6 heteroatoms. The molecule has 0 radical (unpaired) electrons. The summed E-state index contributed by atoms with van der Waals surface area (Å²) in [5, 5.41) is 4.74. The monoisotopic (exact) mass is 297 g/mol. The van der Waals surface area contributed by atoms with Crippen molar-refractivity contribution >= 4 is 28.1 Å². The summed E-state index contributed by atoms with van der Waals surface area (Å²) >= 11 is 6.15. The maximum absolute atomic E-state index is 12.4. The molecule has 4 nitrogen and oxygen atoms in total. The molecule has 0 spiro atoms. The predicted molar refractivity (Wildman–Crippen MR) is 78.7 cm³/mol. The molecule has 0 saturated heterocycles. The lowest BCUT2D eigenvalue weighted by Crippen LogP contribution is -2.02. The molecule has 19 heavy (non-hydrogen) atoms. The number of nitrogen functional groups attached to an aromatic ring is 1. The van der Waals surface area contributed by atoms with Crippen LogP contribution in [0.1, 0.15) is 16.8 Å². The van der Waals surface area contributed by atoms with Crippen molar-refractivity contribution < 1.29 is 4.21 Å². The summed E-state index contributed by atoms with van der Waals surface area (Å²) in [5.41, 5.74) is 9.06. The number of rotatable bonds is 3. The molecule has 0 saturated carbocycles. The topological polar surface area (TPSA) is 60.9 Å². The van der Waals surface area contributed by atoms with Gasteiger partial charge in [-0.3, -0.25) is 8.89 Å². The van der Waals surface area contributed by atoms with Gasteiger partial charge in [-0.1, -0.05) is 17.7 Å². The molecule has 1 aromatic heterocycles. The number of benzene rings is 1. The number of hydrogen-bond donors (Lipinski definition) is 1. The highest BCUT2D eigenvalue weighted by Gasteiger charge is 2.16. The first kappa shape index (κ1) is 14.1. The van der Waals surface area contributed by atoms with E-state index in [0.717, 1.165) is 16.8 Å². The van der Waals surface area contributed by atoms with Crippen LogP contribution in [-0.4, -0.2) is 14.0 Å². The minimum atomic E-state index is -1.23. The lowest BCUT2D eigenvalue weighted by molar-refractivity contribution is 0.682. The average Bonchev–Trinajstić information content (AvgIpc) is 2.59. The van der Waals surface area contributed by atoms with E-state index in [1.54, 1.807) is 17.8 Å². The summed E-state index contributed by atoms with van der Waals surface area (Å²) in [6.07, 6.45) is 0. The Morgan fingerprint density at radius 3 is 2.68 bits per heavy atom. The normalized spacial score (nSPS) is 12.6. The maximum Gasteiger partial charge on any atom is 0.131 e. The molecular weight excluding hydrogens is 282 g/mol. The Morgan fingerprint density at radius 1 is 1.42 bits per heavy atom. The van der Waals surface area contributed by atoms with E-state index in [2.05, 4.69) is 5.10 Å². The van der Waals surface area contributed by atoms with E-state index in [9.17, 15) is 4.21 Å². The van der Waals surface area contributed by atoms with E-state index in [4.69, 9.17) is 17.3 Å². The first-order chi connectivity index (χ1) is 8.90. The molecule has 1 atom stereocenters. The quantitative estimate of drug-likeness (QED) is 0.886. The Bertz CT molecular complexity index is 652. The summed E-state index contributed by atoms with van der Waals surface area (Å²) in [6.45, 7) is 3.81. The average molecular weight is 298 g/mol. The minimum Gasteiger partial charge on any atom is -0.398 e. The SMILES string of the molecule is Cc1ccc(N)c(S(=O)Cc2c(C)nn(C)c2Cl)c1. The lowest BCUT2D eigenvalue weighted by Gasteiger charge is -2.07. The van der Waals surface area contributed by atoms with Gasteiger partial charge < -0.3 is 5.73 Å². The molecular formula is C13H16ClN3OS. The maximum atomic E-state index is 12.4. The van der Waals surface area contributed by atoms with Gasteiger partial charge in [-0.2, -0.15) is 5.10 Å². The second kappa shape index (κ2) is 5.35.